The maximum atomic E-state index is 6.10. The molecule has 1 aliphatic rings. The Balaban J connectivity index is 2.27. The Morgan fingerprint density at radius 1 is 1.50 bits per heavy atom. The summed E-state index contributed by atoms with van der Waals surface area (Å²) < 4.78 is 0. The quantitative estimate of drug-likeness (QED) is 0.757. The summed E-state index contributed by atoms with van der Waals surface area (Å²) in [6.07, 6.45) is 5.10. The molecule has 1 aliphatic carbocycles. The molecule has 1 atom stereocenters. The predicted octanol–water partition coefficient (Wildman–Crippen LogP) is 2.93. The van der Waals surface area contributed by atoms with Crippen molar-refractivity contribution in [2.45, 2.75) is 39.2 Å². The van der Waals surface area contributed by atoms with Gasteiger partial charge in [0.15, 0.2) is 0 Å². The van der Waals surface area contributed by atoms with Gasteiger partial charge in [0.1, 0.15) is 17.3 Å². The lowest BCUT2D eigenvalue weighted by Gasteiger charge is -2.27. The summed E-state index contributed by atoms with van der Waals surface area (Å²) in [6.45, 7) is 4.34. The Kier molecular flexibility index (Phi) is 3.33. The lowest BCUT2D eigenvalue weighted by Crippen LogP contribution is -2.32. The highest BCUT2D eigenvalue weighted by molar-refractivity contribution is 6.30. The van der Waals surface area contributed by atoms with Crippen LogP contribution in [0.25, 0.3) is 0 Å². The average molecular weight is 240 g/mol. The molecule has 0 spiro atoms. The van der Waals surface area contributed by atoms with Crippen LogP contribution in [0.15, 0.2) is 6.33 Å². The van der Waals surface area contributed by atoms with Gasteiger partial charge >= 0.3 is 0 Å². The molecule has 88 valence electrons. The first-order valence-electron chi connectivity index (χ1n) is 5.87. The molecule has 1 saturated carbocycles. The maximum absolute atomic E-state index is 6.10. The van der Waals surface area contributed by atoms with Crippen LogP contribution < -0.4 is 4.90 Å². The fraction of sp³-hybridized carbons (Fsp3) is 0.667. The average Bonchev–Trinajstić information content (AvgIpc) is 3.10. The summed E-state index contributed by atoms with van der Waals surface area (Å²) in [5.74, 6) is 1.81. The largest absolute Gasteiger partial charge is 0.356 e. The van der Waals surface area contributed by atoms with Gasteiger partial charge in [0, 0.05) is 18.7 Å². The van der Waals surface area contributed by atoms with E-state index in [0.29, 0.717) is 11.2 Å². The van der Waals surface area contributed by atoms with Crippen LogP contribution in [-0.2, 0) is 6.42 Å². The number of halogens is 1. The van der Waals surface area contributed by atoms with Crippen molar-refractivity contribution in [3.8, 4) is 0 Å². The number of aromatic nitrogens is 2. The summed E-state index contributed by atoms with van der Waals surface area (Å²) >= 11 is 6.10. The normalized spacial score (nSPS) is 17.2. The fourth-order valence-electron chi connectivity index (χ4n) is 2.08. The van der Waals surface area contributed by atoms with Crippen LogP contribution in [0.5, 0.6) is 0 Å². The minimum Gasteiger partial charge on any atom is -0.356 e. The molecule has 1 heterocycles. The number of rotatable bonds is 4. The molecule has 0 amide bonds. The molecule has 1 aromatic rings. The van der Waals surface area contributed by atoms with Crippen LogP contribution in [0.1, 0.15) is 32.3 Å². The maximum Gasteiger partial charge on any atom is 0.137 e. The van der Waals surface area contributed by atoms with Crippen LogP contribution in [0, 0.1) is 5.92 Å². The second kappa shape index (κ2) is 4.58. The predicted molar refractivity (Wildman–Crippen MR) is 67.0 cm³/mol. The Bertz CT molecular complexity index is 377. The third-order valence-electron chi connectivity index (χ3n) is 3.47. The van der Waals surface area contributed by atoms with Crippen LogP contribution in [0.2, 0.25) is 5.15 Å². The first-order valence-corrected chi connectivity index (χ1v) is 6.25. The van der Waals surface area contributed by atoms with Crippen molar-refractivity contribution in [2.75, 3.05) is 11.9 Å². The number of nitrogens with zero attached hydrogens (tertiary/aromatic N) is 3. The van der Waals surface area contributed by atoms with Gasteiger partial charge in [0.25, 0.3) is 0 Å². The van der Waals surface area contributed by atoms with Crippen molar-refractivity contribution >= 4 is 17.4 Å². The molecule has 1 aromatic heterocycles. The molecule has 2 rings (SSSR count). The Morgan fingerprint density at radius 2 is 2.19 bits per heavy atom. The molecule has 0 bridgehead atoms. The molecule has 0 aliphatic heterocycles. The van der Waals surface area contributed by atoms with Crippen LogP contribution in [0.4, 0.5) is 5.82 Å². The molecule has 4 heteroatoms. The van der Waals surface area contributed by atoms with Crippen LogP contribution in [0.3, 0.4) is 0 Å². The Hall–Kier alpha value is -0.830. The molecular weight excluding hydrogens is 222 g/mol. The van der Waals surface area contributed by atoms with Crippen LogP contribution in [-0.4, -0.2) is 23.1 Å². The highest BCUT2D eigenvalue weighted by Crippen LogP contribution is 2.37. The number of hydrogen-bond donors (Lipinski definition) is 0. The van der Waals surface area contributed by atoms with Gasteiger partial charge in [-0.25, -0.2) is 9.97 Å². The summed E-state index contributed by atoms with van der Waals surface area (Å²) in [5, 5.41) is 0.586. The molecule has 0 radical (unpaired) electrons. The van der Waals surface area contributed by atoms with E-state index >= 15 is 0 Å². The smallest absolute Gasteiger partial charge is 0.137 e. The minimum absolute atomic E-state index is 0.538. The molecule has 16 heavy (non-hydrogen) atoms. The van der Waals surface area contributed by atoms with E-state index in [2.05, 4.69) is 35.8 Å². The Labute approximate surface area is 102 Å². The molecule has 1 unspecified atom stereocenters. The first kappa shape index (κ1) is 11.6. The topological polar surface area (TPSA) is 29.0 Å². The molecule has 3 nitrogen and oxygen atoms in total. The van der Waals surface area contributed by atoms with Gasteiger partial charge in [0.05, 0.1) is 0 Å². The van der Waals surface area contributed by atoms with Crippen molar-refractivity contribution in [1.82, 2.24) is 9.97 Å². The Morgan fingerprint density at radius 3 is 2.75 bits per heavy atom. The van der Waals surface area contributed by atoms with Crippen LogP contribution >= 0.6 is 11.6 Å². The van der Waals surface area contributed by atoms with Crippen molar-refractivity contribution in [3.05, 3.63) is 17.0 Å². The SMILES string of the molecule is CCc1c(Cl)ncnc1N(C)C(C)C1CC1. The zero-order valence-corrected chi connectivity index (χ0v) is 10.8. The van der Waals surface area contributed by atoms with Gasteiger partial charge in [0.2, 0.25) is 0 Å². The van der Waals surface area contributed by atoms with E-state index in [0.717, 1.165) is 23.7 Å². The van der Waals surface area contributed by atoms with E-state index in [-0.39, 0.29) is 0 Å². The third-order valence-corrected chi connectivity index (χ3v) is 3.80. The zero-order valence-electron chi connectivity index (χ0n) is 10.1. The second-order valence-corrected chi connectivity index (χ2v) is 4.87. The van der Waals surface area contributed by atoms with E-state index in [1.807, 2.05) is 0 Å². The van der Waals surface area contributed by atoms with E-state index in [4.69, 9.17) is 11.6 Å². The van der Waals surface area contributed by atoms with Crippen molar-refractivity contribution in [3.63, 3.8) is 0 Å². The molecule has 1 fully saturated rings. The minimum atomic E-state index is 0.538. The van der Waals surface area contributed by atoms with Crippen molar-refractivity contribution in [2.24, 2.45) is 5.92 Å². The summed E-state index contributed by atoms with van der Waals surface area (Å²) in [6, 6.07) is 0.538. The zero-order chi connectivity index (χ0) is 11.7. The molecule has 0 N–H and O–H groups in total. The summed E-state index contributed by atoms with van der Waals surface area (Å²) in [5.41, 5.74) is 1.05. The molecule has 0 saturated heterocycles. The molecular formula is C12H18ClN3. The lowest BCUT2D eigenvalue weighted by molar-refractivity contribution is 0.601. The van der Waals surface area contributed by atoms with Crippen molar-refractivity contribution in [1.29, 1.82) is 0 Å². The van der Waals surface area contributed by atoms with E-state index in [9.17, 15) is 0 Å². The first-order chi connectivity index (χ1) is 7.65. The third kappa shape index (κ3) is 2.14. The highest BCUT2D eigenvalue weighted by Gasteiger charge is 2.31. The number of anilines is 1. The summed E-state index contributed by atoms with van der Waals surface area (Å²) in [4.78, 5) is 10.7. The molecule has 0 aromatic carbocycles. The summed E-state index contributed by atoms with van der Waals surface area (Å²) in [7, 11) is 2.10. The number of hydrogen-bond acceptors (Lipinski definition) is 3. The van der Waals surface area contributed by atoms with E-state index in [1.54, 1.807) is 6.33 Å². The standard InChI is InChI=1S/C12H18ClN3/c1-4-10-11(13)14-7-15-12(10)16(3)8(2)9-5-6-9/h7-9H,4-6H2,1-3H3. The van der Waals surface area contributed by atoms with Gasteiger partial charge in [-0.15, -0.1) is 0 Å². The van der Waals surface area contributed by atoms with Crippen molar-refractivity contribution < 1.29 is 0 Å². The van der Waals surface area contributed by atoms with Gasteiger partial charge in [-0.05, 0) is 32.1 Å². The van der Waals surface area contributed by atoms with Gasteiger partial charge in [-0.2, -0.15) is 0 Å². The van der Waals surface area contributed by atoms with Gasteiger partial charge in [-0.1, -0.05) is 18.5 Å². The lowest BCUT2D eigenvalue weighted by atomic mass is 10.1. The monoisotopic (exact) mass is 239 g/mol. The van der Waals surface area contributed by atoms with E-state index < -0.39 is 0 Å². The fourth-order valence-corrected chi connectivity index (χ4v) is 2.34. The highest BCUT2D eigenvalue weighted by atomic mass is 35.5. The van der Waals surface area contributed by atoms with Gasteiger partial charge in [-0.3, -0.25) is 0 Å². The van der Waals surface area contributed by atoms with E-state index in [1.165, 1.54) is 12.8 Å². The van der Waals surface area contributed by atoms with Gasteiger partial charge < -0.3 is 4.90 Å². The second-order valence-electron chi connectivity index (χ2n) is 4.51.